The lowest BCUT2D eigenvalue weighted by atomic mass is 10.2. The van der Waals surface area contributed by atoms with Crippen molar-refractivity contribution in [3.05, 3.63) is 48.2 Å². The molecule has 0 aliphatic heterocycles. The number of pyridine rings is 1. The molecule has 20 heavy (non-hydrogen) atoms. The van der Waals surface area contributed by atoms with E-state index in [0.29, 0.717) is 0 Å². The molecule has 4 heteroatoms. The summed E-state index contributed by atoms with van der Waals surface area (Å²) in [6.45, 7) is 4.75. The predicted octanol–water partition coefficient (Wildman–Crippen LogP) is 3.09. The number of aromatic nitrogens is 1. The number of hydrogen-bond donors (Lipinski definition) is 1. The van der Waals surface area contributed by atoms with Crippen molar-refractivity contribution < 1.29 is 4.74 Å². The van der Waals surface area contributed by atoms with Crippen LogP contribution < -0.4 is 15.4 Å². The summed E-state index contributed by atoms with van der Waals surface area (Å²) in [7, 11) is 2.00. The van der Waals surface area contributed by atoms with Gasteiger partial charge in [0.1, 0.15) is 0 Å². The van der Waals surface area contributed by atoms with Crippen LogP contribution in [0.5, 0.6) is 5.75 Å². The highest BCUT2D eigenvalue weighted by atomic mass is 16.5. The molecule has 0 fully saturated rings. The Kier molecular flexibility index (Phi) is 4.45. The molecule has 1 heterocycles. The molecular formula is C16H21N3O. The minimum absolute atomic E-state index is 0.124. The summed E-state index contributed by atoms with van der Waals surface area (Å²) < 4.78 is 5.80. The topological polar surface area (TPSA) is 51.4 Å². The highest BCUT2D eigenvalue weighted by Crippen LogP contribution is 2.26. The summed E-state index contributed by atoms with van der Waals surface area (Å²) in [5.41, 5.74) is 7.73. The van der Waals surface area contributed by atoms with Gasteiger partial charge in [-0.1, -0.05) is 12.1 Å². The Morgan fingerprint density at radius 3 is 2.75 bits per heavy atom. The minimum atomic E-state index is 0.124. The van der Waals surface area contributed by atoms with Crippen molar-refractivity contribution in [1.29, 1.82) is 0 Å². The highest BCUT2D eigenvalue weighted by Gasteiger charge is 2.11. The SMILES string of the molecule is CC(C)Oc1cccnc1N(C)Cc1cccc(N)c1. The maximum atomic E-state index is 5.81. The quantitative estimate of drug-likeness (QED) is 0.849. The van der Waals surface area contributed by atoms with Crippen LogP contribution in [0.2, 0.25) is 0 Å². The van der Waals surface area contributed by atoms with Crippen LogP contribution in [0.4, 0.5) is 11.5 Å². The van der Waals surface area contributed by atoms with E-state index in [2.05, 4.69) is 16.0 Å². The van der Waals surface area contributed by atoms with E-state index in [9.17, 15) is 0 Å². The van der Waals surface area contributed by atoms with E-state index >= 15 is 0 Å². The number of hydrogen-bond acceptors (Lipinski definition) is 4. The lowest BCUT2D eigenvalue weighted by molar-refractivity contribution is 0.242. The Morgan fingerprint density at radius 1 is 1.25 bits per heavy atom. The average Bonchev–Trinajstić information content (AvgIpc) is 2.38. The van der Waals surface area contributed by atoms with Crippen LogP contribution in [0.3, 0.4) is 0 Å². The number of ether oxygens (including phenoxy) is 1. The molecule has 0 bridgehead atoms. The van der Waals surface area contributed by atoms with Crippen LogP contribution in [0.1, 0.15) is 19.4 Å². The molecule has 0 aliphatic carbocycles. The number of rotatable bonds is 5. The Hall–Kier alpha value is -2.23. The van der Waals surface area contributed by atoms with Gasteiger partial charge in [-0.2, -0.15) is 0 Å². The molecule has 1 aromatic carbocycles. The number of nitrogen functional groups attached to an aromatic ring is 1. The van der Waals surface area contributed by atoms with Gasteiger partial charge in [0.05, 0.1) is 6.10 Å². The smallest absolute Gasteiger partial charge is 0.171 e. The molecule has 2 rings (SSSR count). The largest absolute Gasteiger partial charge is 0.487 e. The molecule has 0 saturated heterocycles. The fraction of sp³-hybridized carbons (Fsp3) is 0.312. The molecule has 0 spiro atoms. The maximum Gasteiger partial charge on any atom is 0.171 e. The molecular weight excluding hydrogens is 250 g/mol. The first kappa shape index (κ1) is 14.2. The molecule has 0 radical (unpaired) electrons. The van der Waals surface area contributed by atoms with Gasteiger partial charge < -0.3 is 15.4 Å². The third kappa shape index (κ3) is 3.63. The molecule has 2 N–H and O–H groups in total. The van der Waals surface area contributed by atoms with Gasteiger partial charge in [-0.25, -0.2) is 4.98 Å². The summed E-state index contributed by atoms with van der Waals surface area (Å²) in [6, 6.07) is 11.7. The molecule has 0 atom stereocenters. The zero-order valence-electron chi connectivity index (χ0n) is 12.2. The Labute approximate surface area is 120 Å². The van der Waals surface area contributed by atoms with Crippen molar-refractivity contribution in [2.24, 2.45) is 0 Å². The van der Waals surface area contributed by atoms with Gasteiger partial charge in [0, 0.05) is 25.5 Å². The van der Waals surface area contributed by atoms with Gasteiger partial charge in [0.25, 0.3) is 0 Å². The summed E-state index contributed by atoms with van der Waals surface area (Å²) in [5, 5.41) is 0. The van der Waals surface area contributed by atoms with Crippen LogP contribution in [0.25, 0.3) is 0 Å². The monoisotopic (exact) mass is 271 g/mol. The molecule has 0 unspecified atom stereocenters. The number of anilines is 2. The Bertz CT molecular complexity index is 569. The molecule has 0 aliphatic rings. The zero-order valence-corrected chi connectivity index (χ0v) is 12.2. The molecule has 2 aromatic rings. The van der Waals surface area contributed by atoms with Crippen molar-refractivity contribution in [2.75, 3.05) is 17.7 Å². The fourth-order valence-corrected chi connectivity index (χ4v) is 2.06. The second-order valence-corrected chi connectivity index (χ2v) is 5.09. The van der Waals surface area contributed by atoms with Gasteiger partial charge in [-0.3, -0.25) is 0 Å². The summed E-state index contributed by atoms with van der Waals surface area (Å²) >= 11 is 0. The van der Waals surface area contributed by atoms with Gasteiger partial charge in [0.15, 0.2) is 11.6 Å². The number of nitrogens with zero attached hydrogens (tertiary/aromatic N) is 2. The van der Waals surface area contributed by atoms with Crippen LogP contribution in [0, 0.1) is 0 Å². The maximum absolute atomic E-state index is 5.81. The third-order valence-electron chi connectivity index (χ3n) is 2.85. The first-order chi connectivity index (χ1) is 9.56. The van der Waals surface area contributed by atoms with E-state index < -0.39 is 0 Å². The average molecular weight is 271 g/mol. The van der Waals surface area contributed by atoms with E-state index in [1.807, 2.05) is 51.2 Å². The van der Waals surface area contributed by atoms with Crippen molar-refractivity contribution in [1.82, 2.24) is 4.98 Å². The van der Waals surface area contributed by atoms with E-state index in [4.69, 9.17) is 10.5 Å². The first-order valence-electron chi connectivity index (χ1n) is 6.73. The van der Waals surface area contributed by atoms with Crippen LogP contribution in [-0.2, 0) is 6.54 Å². The van der Waals surface area contributed by atoms with E-state index in [0.717, 1.165) is 29.4 Å². The first-order valence-corrected chi connectivity index (χ1v) is 6.73. The zero-order chi connectivity index (χ0) is 14.5. The lowest BCUT2D eigenvalue weighted by Crippen LogP contribution is -2.19. The molecule has 106 valence electrons. The van der Waals surface area contributed by atoms with Crippen molar-refractivity contribution in [3.8, 4) is 5.75 Å². The fourth-order valence-electron chi connectivity index (χ4n) is 2.06. The van der Waals surface area contributed by atoms with Crippen molar-refractivity contribution >= 4 is 11.5 Å². The lowest BCUT2D eigenvalue weighted by Gasteiger charge is -2.22. The molecule has 1 aromatic heterocycles. The summed E-state index contributed by atoms with van der Waals surface area (Å²) in [5.74, 6) is 1.64. The Balaban J connectivity index is 2.18. The van der Waals surface area contributed by atoms with Crippen molar-refractivity contribution in [2.45, 2.75) is 26.5 Å². The second kappa shape index (κ2) is 6.28. The molecule has 0 saturated carbocycles. The third-order valence-corrected chi connectivity index (χ3v) is 2.85. The van der Waals surface area contributed by atoms with Gasteiger partial charge >= 0.3 is 0 Å². The molecule has 0 amide bonds. The van der Waals surface area contributed by atoms with Crippen LogP contribution in [-0.4, -0.2) is 18.1 Å². The number of benzene rings is 1. The van der Waals surface area contributed by atoms with Crippen LogP contribution in [0.15, 0.2) is 42.6 Å². The standard InChI is InChI=1S/C16H21N3O/c1-12(2)20-15-8-5-9-18-16(15)19(3)11-13-6-4-7-14(17)10-13/h4-10,12H,11,17H2,1-3H3. The second-order valence-electron chi connectivity index (χ2n) is 5.09. The van der Waals surface area contributed by atoms with E-state index in [1.54, 1.807) is 6.20 Å². The normalized spacial score (nSPS) is 10.6. The number of nitrogens with two attached hydrogens (primary N) is 1. The predicted molar refractivity (Wildman–Crippen MR) is 83.0 cm³/mol. The van der Waals surface area contributed by atoms with E-state index in [-0.39, 0.29) is 6.10 Å². The van der Waals surface area contributed by atoms with Gasteiger partial charge in [-0.05, 0) is 43.7 Å². The molecule has 4 nitrogen and oxygen atoms in total. The van der Waals surface area contributed by atoms with Crippen LogP contribution >= 0.6 is 0 Å². The highest BCUT2D eigenvalue weighted by molar-refractivity contribution is 5.52. The minimum Gasteiger partial charge on any atom is -0.487 e. The van der Waals surface area contributed by atoms with Gasteiger partial charge in [0.2, 0.25) is 0 Å². The Morgan fingerprint density at radius 2 is 2.05 bits per heavy atom. The summed E-state index contributed by atoms with van der Waals surface area (Å²) in [6.07, 6.45) is 1.90. The van der Waals surface area contributed by atoms with Crippen molar-refractivity contribution in [3.63, 3.8) is 0 Å². The van der Waals surface area contributed by atoms with E-state index in [1.165, 1.54) is 0 Å². The van der Waals surface area contributed by atoms with Gasteiger partial charge in [-0.15, -0.1) is 0 Å². The summed E-state index contributed by atoms with van der Waals surface area (Å²) in [4.78, 5) is 6.48.